The Hall–Kier alpha value is -3.83. The van der Waals surface area contributed by atoms with Gasteiger partial charge in [0.2, 0.25) is 5.60 Å². The highest BCUT2D eigenvalue weighted by molar-refractivity contribution is 6.48. The van der Waals surface area contributed by atoms with Crippen LogP contribution in [0.25, 0.3) is 10.8 Å². The first-order valence-electron chi connectivity index (χ1n) is 17.1. The van der Waals surface area contributed by atoms with E-state index in [0.29, 0.717) is 35.2 Å². The Morgan fingerprint density at radius 2 is 1.83 bits per heavy atom. The maximum Gasteiger partial charge on any atom is 0.481 e. The summed E-state index contributed by atoms with van der Waals surface area (Å²) in [6, 6.07) is 15.7. The van der Waals surface area contributed by atoms with Gasteiger partial charge in [0.25, 0.3) is 11.8 Å². The van der Waals surface area contributed by atoms with Crippen molar-refractivity contribution in [1.82, 2.24) is 15.6 Å². The Bertz CT molecular complexity index is 1760. The topological polar surface area (TPSA) is 111 Å². The quantitative estimate of drug-likeness (QED) is 0.273. The van der Waals surface area contributed by atoms with E-state index in [2.05, 4.69) is 55.4 Å². The summed E-state index contributed by atoms with van der Waals surface area (Å²) in [5.74, 6) is -0.457. The second-order valence-corrected chi connectivity index (χ2v) is 15.3. The van der Waals surface area contributed by atoms with E-state index in [9.17, 15) is 9.59 Å². The van der Waals surface area contributed by atoms with Crippen LogP contribution < -0.4 is 10.6 Å². The minimum absolute atomic E-state index is 0.0317. The number of halogens is 1. The van der Waals surface area contributed by atoms with E-state index in [4.69, 9.17) is 14.1 Å². The fourth-order valence-electron chi connectivity index (χ4n) is 8.57. The molecular weight excluding hydrogens is 610 g/mol. The van der Waals surface area contributed by atoms with E-state index >= 15 is 4.39 Å². The molecule has 11 heteroatoms. The minimum Gasteiger partial charge on any atom is -0.404 e. The molecular formula is C37H44BFN4O5. The zero-order valence-corrected chi connectivity index (χ0v) is 28.3. The van der Waals surface area contributed by atoms with Gasteiger partial charge in [0, 0.05) is 24.4 Å². The number of oxime groups is 1. The highest BCUT2D eigenvalue weighted by Crippen LogP contribution is 2.65. The van der Waals surface area contributed by atoms with Gasteiger partial charge in [-0.25, -0.2) is 4.39 Å². The molecule has 2 N–H and O–H groups in total. The molecule has 0 radical (unpaired) electrons. The third-order valence-electron chi connectivity index (χ3n) is 11.4. The molecule has 3 heterocycles. The second-order valence-electron chi connectivity index (χ2n) is 15.3. The molecule has 8 rings (SSSR count). The number of rotatable bonds is 10. The molecule has 3 saturated carbocycles. The molecule has 252 valence electrons. The molecule has 3 aromatic rings. The molecule has 1 unspecified atom stereocenters. The van der Waals surface area contributed by atoms with Gasteiger partial charge < -0.3 is 24.8 Å². The second kappa shape index (κ2) is 12.3. The van der Waals surface area contributed by atoms with Crippen LogP contribution in [0.2, 0.25) is 0 Å². The third kappa shape index (κ3) is 5.68. The minimum atomic E-state index is -1.53. The Labute approximate surface area is 281 Å². The van der Waals surface area contributed by atoms with Gasteiger partial charge in [-0.15, -0.1) is 0 Å². The largest absolute Gasteiger partial charge is 0.481 e. The van der Waals surface area contributed by atoms with Gasteiger partial charge in [-0.05, 0) is 72.4 Å². The molecule has 0 spiro atoms. The molecule has 3 aliphatic carbocycles. The summed E-state index contributed by atoms with van der Waals surface area (Å²) in [5, 5.41) is 12.0. The van der Waals surface area contributed by atoms with Gasteiger partial charge in [0.1, 0.15) is 11.5 Å². The number of aromatic nitrogens is 1. The van der Waals surface area contributed by atoms with E-state index in [1.165, 1.54) is 6.07 Å². The maximum atomic E-state index is 15.0. The number of nitrogens with one attached hydrogen (secondary N) is 2. The molecule has 5 aliphatic rings. The van der Waals surface area contributed by atoms with Crippen LogP contribution in [0.4, 0.5) is 4.39 Å². The predicted octanol–water partition coefficient (Wildman–Crippen LogP) is 5.66. The SMILES string of the molecule is CC(C)C[C@H](NC(=O)C1(Cc2ccccc2F)CC(CNC(=O)c2nccc3ccccc23)=NO1)B1O[C@@H]2C[C@@H]3C[C@@H](C3(C)C)[C@]2(C)O1. The Morgan fingerprint density at radius 3 is 2.60 bits per heavy atom. The molecule has 2 bridgehead atoms. The lowest BCUT2D eigenvalue weighted by Crippen LogP contribution is -2.65. The van der Waals surface area contributed by atoms with Crippen LogP contribution in [0.5, 0.6) is 0 Å². The van der Waals surface area contributed by atoms with Gasteiger partial charge >= 0.3 is 7.12 Å². The molecule has 9 nitrogen and oxygen atoms in total. The van der Waals surface area contributed by atoms with Gasteiger partial charge in [-0.1, -0.05) is 75.3 Å². The lowest BCUT2D eigenvalue weighted by molar-refractivity contribution is -0.199. The first kappa shape index (κ1) is 32.7. The monoisotopic (exact) mass is 654 g/mol. The van der Waals surface area contributed by atoms with Crippen LogP contribution in [-0.2, 0) is 25.4 Å². The van der Waals surface area contributed by atoms with Crippen LogP contribution in [0, 0.1) is 29.0 Å². The fraction of sp³-hybridized carbons (Fsp3) is 0.514. The smallest absolute Gasteiger partial charge is 0.404 e. The number of nitrogens with zero attached hydrogens (tertiary/aromatic N) is 2. The molecule has 2 aromatic carbocycles. The van der Waals surface area contributed by atoms with Crippen molar-refractivity contribution in [3.63, 3.8) is 0 Å². The maximum absolute atomic E-state index is 15.0. The molecule has 2 aliphatic heterocycles. The third-order valence-corrected chi connectivity index (χ3v) is 11.4. The standard InChI is InChI=1S/C37H44BFN4O5/c1-22(2)16-31(38-46-30-18-25-17-29(35(25,3)4)36(30,5)47-38)42-34(45)37(19-24-11-7-9-13-28(24)39)20-26(43-48-37)21-41-33(44)32-27-12-8-6-10-23(27)14-15-40-32/h6-15,22,25,29-31H,16-21H2,1-5H3,(H,41,44)(H,42,45)/t25-,29-,30+,31-,36-,37?/m0/s1. The highest BCUT2D eigenvalue weighted by atomic mass is 19.1. The predicted molar refractivity (Wildman–Crippen MR) is 182 cm³/mol. The fourth-order valence-corrected chi connectivity index (χ4v) is 8.57. The van der Waals surface area contributed by atoms with Crippen molar-refractivity contribution < 1.29 is 28.1 Å². The summed E-state index contributed by atoms with van der Waals surface area (Å²) in [5.41, 5.74) is -0.675. The summed E-state index contributed by atoms with van der Waals surface area (Å²) in [4.78, 5) is 37.9. The molecule has 6 atom stereocenters. The lowest BCUT2D eigenvalue weighted by Gasteiger charge is -2.64. The van der Waals surface area contributed by atoms with Crippen LogP contribution in [0.1, 0.15) is 76.4 Å². The van der Waals surface area contributed by atoms with Crippen LogP contribution in [-0.4, -0.2) is 59.4 Å². The number of hydrogen-bond acceptors (Lipinski definition) is 7. The zero-order valence-electron chi connectivity index (χ0n) is 28.3. The molecule has 4 fully saturated rings. The van der Waals surface area contributed by atoms with Crippen molar-refractivity contribution in [2.75, 3.05) is 6.54 Å². The van der Waals surface area contributed by atoms with E-state index in [-0.39, 0.29) is 42.7 Å². The summed E-state index contributed by atoms with van der Waals surface area (Å²) >= 11 is 0. The van der Waals surface area contributed by atoms with E-state index < -0.39 is 36.0 Å². The molecule has 1 saturated heterocycles. The summed E-state index contributed by atoms with van der Waals surface area (Å²) < 4.78 is 28.4. The normalized spacial score (nSPS) is 29.1. The zero-order chi connectivity index (χ0) is 33.8. The van der Waals surface area contributed by atoms with Gasteiger partial charge in [0.05, 0.1) is 29.9 Å². The van der Waals surface area contributed by atoms with Gasteiger partial charge in [-0.3, -0.25) is 14.6 Å². The average Bonchev–Trinajstić information content (AvgIpc) is 3.65. The number of fused-ring (bicyclic) bond motifs is 1. The Morgan fingerprint density at radius 1 is 1.06 bits per heavy atom. The number of carbonyl (C=O) groups is 2. The molecule has 2 amide bonds. The molecule has 48 heavy (non-hydrogen) atoms. The number of carbonyl (C=O) groups excluding carboxylic acids is 2. The van der Waals surface area contributed by atoms with Crippen molar-refractivity contribution in [2.24, 2.45) is 28.3 Å². The van der Waals surface area contributed by atoms with Crippen molar-refractivity contribution in [2.45, 2.75) is 90.0 Å². The first-order chi connectivity index (χ1) is 22.9. The Balaban J connectivity index is 1.09. The average molecular weight is 655 g/mol. The van der Waals surface area contributed by atoms with Crippen molar-refractivity contribution in [1.29, 1.82) is 0 Å². The number of pyridine rings is 1. The number of hydrogen-bond donors (Lipinski definition) is 2. The van der Waals surface area contributed by atoms with Crippen LogP contribution in [0.3, 0.4) is 0 Å². The first-order valence-corrected chi connectivity index (χ1v) is 17.1. The van der Waals surface area contributed by atoms with Gasteiger partial charge in [0.15, 0.2) is 0 Å². The summed E-state index contributed by atoms with van der Waals surface area (Å²) in [6.07, 6.45) is 4.28. The van der Waals surface area contributed by atoms with E-state index in [0.717, 1.165) is 23.6 Å². The lowest BCUT2D eigenvalue weighted by atomic mass is 9.43. The van der Waals surface area contributed by atoms with Crippen LogP contribution >= 0.6 is 0 Å². The number of amides is 2. The Kier molecular flexibility index (Phi) is 8.35. The number of benzene rings is 2. The summed E-state index contributed by atoms with van der Waals surface area (Å²) in [6.45, 7) is 11.0. The van der Waals surface area contributed by atoms with Gasteiger partial charge in [-0.2, -0.15) is 0 Å². The van der Waals surface area contributed by atoms with Crippen LogP contribution in [0.15, 0.2) is 65.9 Å². The van der Waals surface area contributed by atoms with E-state index in [1.807, 2.05) is 30.3 Å². The van der Waals surface area contributed by atoms with E-state index in [1.54, 1.807) is 24.4 Å². The van der Waals surface area contributed by atoms with Crippen molar-refractivity contribution in [3.05, 3.63) is 77.9 Å². The summed E-state index contributed by atoms with van der Waals surface area (Å²) in [7, 11) is -0.624. The highest BCUT2D eigenvalue weighted by Gasteiger charge is 2.68. The van der Waals surface area contributed by atoms with Crippen molar-refractivity contribution in [3.8, 4) is 0 Å². The van der Waals surface area contributed by atoms with Crippen molar-refractivity contribution >= 4 is 35.4 Å². The molecule has 1 aromatic heterocycles.